The van der Waals surface area contributed by atoms with Crippen molar-refractivity contribution >= 4 is 5.82 Å². The van der Waals surface area contributed by atoms with E-state index < -0.39 is 0 Å². The molecule has 0 aliphatic carbocycles. The number of rotatable bonds is 6. The molecule has 5 heteroatoms. The van der Waals surface area contributed by atoms with Crippen LogP contribution in [0.4, 0.5) is 10.2 Å². The molecule has 0 spiro atoms. The fourth-order valence-electron chi connectivity index (χ4n) is 2.86. The van der Waals surface area contributed by atoms with E-state index in [0.717, 1.165) is 32.6 Å². The fraction of sp³-hybridized carbons (Fsp3) is 0.750. The molecular weight excluding hydrogens is 267 g/mol. The van der Waals surface area contributed by atoms with Crippen LogP contribution in [0.15, 0.2) is 6.33 Å². The van der Waals surface area contributed by atoms with Gasteiger partial charge in [-0.15, -0.1) is 0 Å². The predicted octanol–water partition coefficient (Wildman–Crippen LogP) is 2.64. The number of nitrogens with one attached hydrogen (secondary N) is 1. The van der Waals surface area contributed by atoms with Crippen molar-refractivity contribution in [2.24, 2.45) is 11.8 Å². The molecule has 1 saturated heterocycles. The van der Waals surface area contributed by atoms with E-state index in [-0.39, 0.29) is 5.82 Å². The number of anilines is 1. The Bertz CT molecular complexity index is 450. The van der Waals surface area contributed by atoms with Gasteiger partial charge in [0.15, 0.2) is 11.6 Å². The number of aryl methyl sites for hydroxylation is 1. The van der Waals surface area contributed by atoms with Crippen molar-refractivity contribution in [2.45, 2.75) is 40.0 Å². The van der Waals surface area contributed by atoms with Crippen LogP contribution in [0, 0.1) is 17.7 Å². The summed E-state index contributed by atoms with van der Waals surface area (Å²) in [5.41, 5.74) is 0.514. The van der Waals surface area contributed by atoms with Crippen LogP contribution in [0.25, 0.3) is 0 Å². The zero-order chi connectivity index (χ0) is 15.2. The van der Waals surface area contributed by atoms with Crippen LogP contribution in [-0.2, 0) is 6.42 Å². The van der Waals surface area contributed by atoms with E-state index >= 15 is 0 Å². The highest BCUT2D eigenvalue weighted by Crippen LogP contribution is 2.24. The number of hydrogen-bond acceptors (Lipinski definition) is 4. The second-order valence-corrected chi connectivity index (χ2v) is 6.32. The number of nitrogens with zero attached hydrogens (tertiary/aromatic N) is 3. The number of piperidine rings is 1. The van der Waals surface area contributed by atoms with Gasteiger partial charge in [0, 0.05) is 13.1 Å². The summed E-state index contributed by atoms with van der Waals surface area (Å²) in [5, 5.41) is 3.51. The van der Waals surface area contributed by atoms with Crippen LogP contribution in [0.1, 0.15) is 39.3 Å². The van der Waals surface area contributed by atoms with Crippen molar-refractivity contribution in [3.63, 3.8) is 0 Å². The molecule has 21 heavy (non-hydrogen) atoms. The van der Waals surface area contributed by atoms with Gasteiger partial charge >= 0.3 is 0 Å². The first kappa shape index (κ1) is 16.1. The summed E-state index contributed by atoms with van der Waals surface area (Å²) in [5.74, 6) is 1.47. The second kappa shape index (κ2) is 7.69. The minimum atomic E-state index is -0.240. The Labute approximate surface area is 127 Å². The van der Waals surface area contributed by atoms with E-state index in [0.29, 0.717) is 29.8 Å². The topological polar surface area (TPSA) is 41.1 Å². The summed E-state index contributed by atoms with van der Waals surface area (Å²) >= 11 is 0. The third kappa shape index (κ3) is 4.37. The van der Waals surface area contributed by atoms with Gasteiger partial charge in [-0.1, -0.05) is 20.8 Å². The van der Waals surface area contributed by atoms with Crippen molar-refractivity contribution in [1.29, 1.82) is 0 Å². The van der Waals surface area contributed by atoms with Crippen molar-refractivity contribution < 1.29 is 4.39 Å². The van der Waals surface area contributed by atoms with Gasteiger partial charge in [-0.3, -0.25) is 0 Å². The largest absolute Gasteiger partial charge is 0.354 e. The molecule has 0 saturated carbocycles. The lowest BCUT2D eigenvalue weighted by atomic mass is 9.97. The molecule has 118 valence electrons. The van der Waals surface area contributed by atoms with Crippen LogP contribution in [0.5, 0.6) is 0 Å². The van der Waals surface area contributed by atoms with Gasteiger partial charge in [-0.05, 0) is 44.2 Å². The fourth-order valence-corrected chi connectivity index (χ4v) is 2.86. The van der Waals surface area contributed by atoms with Crippen LogP contribution in [-0.4, -0.2) is 36.1 Å². The first-order valence-corrected chi connectivity index (χ1v) is 8.06. The van der Waals surface area contributed by atoms with Crippen LogP contribution in [0.3, 0.4) is 0 Å². The molecule has 1 N–H and O–H groups in total. The molecule has 2 heterocycles. The third-order valence-electron chi connectivity index (χ3n) is 3.98. The molecule has 1 aliphatic rings. The van der Waals surface area contributed by atoms with Gasteiger partial charge in [-0.2, -0.15) is 0 Å². The zero-order valence-electron chi connectivity index (χ0n) is 13.4. The minimum Gasteiger partial charge on any atom is -0.354 e. The molecule has 1 unspecified atom stereocenters. The highest BCUT2D eigenvalue weighted by molar-refractivity contribution is 5.41. The summed E-state index contributed by atoms with van der Waals surface area (Å²) in [6, 6.07) is 0. The van der Waals surface area contributed by atoms with Crippen molar-refractivity contribution in [2.75, 3.05) is 31.1 Å². The van der Waals surface area contributed by atoms with Gasteiger partial charge in [0.25, 0.3) is 0 Å². The van der Waals surface area contributed by atoms with Crippen LogP contribution in [0.2, 0.25) is 0 Å². The predicted molar refractivity (Wildman–Crippen MR) is 84.0 cm³/mol. The van der Waals surface area contributed by atoms with E-state index in [1.54, 1.807) is 0 Å². The number of halogens is 1. The Morgan fingerprint density at radius 3 is 2.95 bits per heavy atom. The molecule has 1 atom stereocenters. The highest BCUT2D eigenvalue weighted by atomic mass is 19.1. The standard InChI is InChI=1S/C16H27FN4/c1-4-14-15(17)16(20-11-19-14)21-7-5-6-13(10-21)9-18-8-12(2)3/h11-13,18H,4-10H2,1-3H3. The Morgan fingerprint density at radius 2 is 2.24 bits per heavy atom. The lowest BCUT2D eigenvalue weighted by Crippen LogP contribution is -2.41. The van der Waals surface area contributed by atoms with Crippen LogP contribution < -0.4 is 10.2 Å². The molecule has 0 radical (unpaired) electrons. The zero-order valence-corrected chi connectivity index (χ0v) is 13.4. The quantitative estimate of drug-likeness (QED) is 0.875. The maximum absolute atomic E-state index is 14.4. The third-order valence-corrected chi connectivity index (χ3v) is 3.98. The molecule has 1 aromatic heterocycles. The monoisotopic (exact) mass is 294 g/mol. The Kier molecular flexibility index (Phi) is 5.91. The molecular formula is C16H27FN4. The normalized spacial score (nSPS) is 19.3. The Balaban J connectivity index is 1.97. The average molecular weight is 294 g/mol. The molecule has 1 aromatic rings. The molecule has 0 bridgehead atoms. The maximum Gasteiger partial charge on any atom is 0.187 e. The molecule has 1 aliphatic heterocycles. The average Bonchev–Trinajstić information content (AvgIpc) is 2.47. The van der Waals surface area contributed by atoms with Gasteiger partial charge in [-0.25, -0.2) is 14.4 Å². The molecule has 0 amide bonds. The van der Waals surface area contributed by atoms with E-state index in [1.165, 1.54) is 12.7 Å². The van der Waals surface area contributed by atoms with Crippen molar-refractivity contribution in [3.8, 4) is 0 Å². The Hall–Kier alpha value is -1.23. The summed E-state index contributed by atoms with van der Waals surface area (Å²) in [4.78, 5) is 10.3. The summed E-state index contributed by atoms with van der Waals surface area (Å²) < 4.78 is 14.4. The first-order chi connectivity index (χ1) is 10.1. The lowest BCUT2D eigenvalue weighted by molar-refractivity contribution is 0.378. The van der Waals surface area contributed by atoms with Crippen molar-refractivity contribution in [3.05, 3.63) is 17.8 Å². The van der Waals surface area contributed by atoms with Gasteiger partial charge < -0.3 is 10.2 Å². The Morgan fingerprint density at radius 1 is 1.43 bits per heavy atom. The number of aromatic nitrogens is 2. The first-order valence-electron chi connectivity index (χ1n) is 8.06. The van der Waals surface area contributed by atoms with Gasteiger partial charge in [0.1, 0.15) is 6.33 Å². The lowest BCUT2D eigenvalue weighted by Gasteiger charge is -2.34. The van der Waals surface area contributed by atoms with E-state index in [1.807, 2.05) is 6.92 Å². The maximum atomic E-state index is 14.4. The van der Waals surface area contributed by atoms with E-state index in [2.05, 4.69) is 34.0 Å². The van der Waals surface area contributed by atoms with Crippen LogP contribution >= 0.6 is 0 Å². The smallest absolute Gasteiger partial charge is 0.187 e. The highest BCUT2D eigenvalue weighted by Gasteiger charge is 2.24. The van der Waals surface area contributed by atoms with Gasteiger partial charge in [0.2, 0.25) is 0 Å². The summed E-state index contributed by atoms with van der Waals surface area (Å²) in [6.07, 6.45) is 4.39. The molecule has 2 rings (SSSR count). The molecule has 0 aromatic carbocycles. The summed E-state index contributed by atoms with van der Waals surface area (Å²) in [7, 11) is 0. The number of hydrogen-bond donors (Lipinski definition) is 1. The van der Waals surface area contributed by atoms with Gasteiger partial charge in [0.05, 0.1) is 5.69 Å². The minimum absolute atomic E-state index is 0.240. The molecule has 4 nitrogen and oxygen atoms in total. The summed E-state index contributed by atoms with van der Waals surface area (Å²) in [6.45, 7) is 10.1. The molecule has 1 fully saturated rings. The van der Waals surface area contributed by atoms with E-state index in [9.17, 15) is 4.39 Å². The SMILES string of the molecule is CCc1ncnc(N2CCCC(CNCC(C)C)C2)c1F. The van der Waals surface area contributed by atoms with Crippen molar-refractivity contribution in [1.82, 2.24) is 15.3 Å². The second-order valence-electron chi connectivity index (χ2n) is 6.32. The van der Waals surface area contributed by atoms with E-state index in [4.69, 9.17) is 0 Å².